The zero-order valence-electron chi connectivity index (χ0n) is 13.5. The molecule has 0 saturated carbocycles. The molecule has 4 nitrogen and oxygen atoms in total. The summed E-state index contributed by atoms with van der Waals surface area (Å²) >= 11 is 9.87. The lowest BCUT2D eigenvalue weighted by atomic mass is 10.1. The molecule has 136 valence electrons. The van der Waals surface area contributed by atoms with Gasteiger partial charge in [-0.25, -0.2) is 0 Å². The third-order valence-corrected chi connectivity index (χ3v) is 4.66. The molecule has 0 amide bonds. The van der Waals surface area contributed by atoms with Gasteiger partial charge in [0.25, 0.3) is 0 Å². The van der Waals surface area contributed by atoms with Crippen molar-refractivity contribution in [1.29, 1.82) is 0 Å². The van der Waals surface area contributed by atoms with Gasteiger partial charge in [-0.3, -0.25) is 4.79 Å². The summed E-state index contributed by atoms with van der Waals surface area (Å²) in [4.78, 5) is 12.7. The normalized spacial score (nSPS) is 15.9. The summed E-state index contributed by atoms with van der Waals surface area (Å²) in [5.41, 5.74) is 0. The topological polar surface area (TPSA) is 66.8 Å². The van der Waals surface area contributed by atoms with Crippen LogP contribution >= 0.6 is 47.8 Å². The second-order valence-corrected chi connectivity index (χ2v) is 7.31. The summed E-state index contributed by atoms with van der Waals surface area (Å²) in [6.07, 6.45) is 10.3. The van der Waals surface area contributed by atoms with Crippen molar-refractivity contribution in [3.05, 3.63) is 44.3 Å². The van der Waals surface area contributed by atoms with Crippen LogP contribution in [0.5, 0.6) is 0 Å². The first-order valence-electron chi connectivity index (χ1n) is 7.50. The number of hydrogen-bond donors (Lipinski definition) is 2. The Morgan fingerprint density at radius 2 is 1.96 bits per heavy atom. The zero-order chi connectivity index (χ0) is 18.4. The van der Waals surface area contributed by atoms with E-state index in [9.17, 15) is 15.0 Å². The lowest BCUT2D eigenvalue weighted by Crippen LogP contribution is -2.08. The van der Waals surface area contributed by atoms with E-state index in [1.54, 1.807) is 23.2 Å². The van der Waals surface area contributed by atoms with Crippen molar-refractivity contribution in [2.75, 3.05) is 7.11 Å². The molecule has 0 aliphatic rings. The number of aliphatic hydroxyl groups excluding tert-OH is 2. The number of hydrogen-bond acceptors (Lipinski definition) is 4. The molecule has 0 heterocycles. The van der Waals surface area contributed by atoms with Crippen LogP contribution in [0.15, 0.2) is 44.3 Å². The fourth-order valence-corrected chi connectivity index (χ4v) is 3.07. The Morgan fingerprint density at radius 3 is 2.58 bits per heavy atom. The van der Waals surface area contributed by atoms with Gasteiger partial charge in [0.2, 0.25) is 0 Å². The fraction of sp³-hybridized carbons (Fsp3) is 0.471. The number of esters is 1. The van der Waals surface area contributed by atoms with Crippen molar-refractivity contribution in [3.8, 4) is 0 Å². The van der Waals surface area contributed by atoms with Gasteiger partial charge in [0, 0.05) is 15.4 Å². The first kappa shape index (κ1) is 23.8. The Morgan fingerprint density at radius 1 is 1.25 bits per heavy atom. The number of methoxy groups -OCH3 is 1. The van der Waals surface area contributed by atoms with Crippen LogP contribution in [0.4, 0.5) is 0 Å². The maximum Gasteiger partial charge on any atom is 0.305 e. The average Bonchev–Trinajstić information content (AvgIpc) is 2.54. The maximum atomic E-state index is 11.0. The van der Waals surface area contributed by atoms with E-state index in [1.165, 1.54) is 7.11 Å². The highest BCUT2D eigenvalue weighted by atomic mass is 79.9. The minimum atomic E-state index is -0.675. The quantitative estimate of drug-likeness (QED) is 0.296. The standard InChI is InChI=1S/C17H23Br3O4/c1-24-17(23)10-4-9-16(22)15(20)8-3-7-14(21)6-2-5-13(19)11-12-18/h3,5,7-8,11-12,14,16,21-22H,2,4,6,9-10H2,1H3. The Labute approximate surface area is 168 Å². The second-order valence-electron chi connectivity index (χ2n) is 4.95. The summed E-state index contributed by atoms with van der Waals surface area (Å²) in [5.74, 6) is -0.280. The van der Waals surface area contributed by atoms with Gasteiger partial charge in [-0.2, -0.15) is 0 Å². The average molecular weight is 531 g/mol. The molecule has 2 N–H and O–H groups in total. The minimum Gasteiger partial charge on any atom is -0.469 e. The monoisotopic (exact) mass is 528 g/mol. The van der Waals surface area contributed by atoms with Crippen molar-refractivity contribution in [3.63, 3.8) is 0 Å². The summed E-state index contributed by atoms with van der Waals surface area (Å²) < 4.78 is 6.11. The molecule has 0 saturated heterocycles. The number of halogens is 3. The number of carbonyl (C=O) groups excluding carboxylic acids is 1. The van der Waals surface area contributed by atoms with Gasteiger partial charge in [-0.1, -0.05) is 66.0 Å². The molecule has 0 aromatic carbocycles. The van der Waals surface area contributed by atoms with Gasteiger partial charge in [-0.15, -0.1) is 0 Å². The van der Waals surface area contributed by atoms with E-state index in [-0.39, 0.29) is 12.4 Å². The Kier molecular flexibility index (Phi) is 14.9. The Balaban J connectivity index is 4.17. The van der Waals surface area contributed by atoms with Crippen molar-refractivity contribution >= 4 is 53.8 Å². The molecular weight excluding hydrogens is 508 g/mol. The smallest absolute Gasteiger partial charge is 0.305 e. The first-order chi connectivity index (χ1) is 11.4. The molecule has 0 aliphatic carbocycles. The molecular formula is C17H23Br3O4. The first-order valence-corrected chi connectivity index (χ1v) is 10.00. The van der Waals surface area contributed by atoms with Gasteiger partial charge in [0.1, 0.15) is 0 Å². The predicted octanol–water partition coefficient (Wildman–Crippen LogP) is 4.85. The minimum absolute atomic E-state index is 0.280. The maximum absolute atomic E-state index is 11.0. The van der Waals surface area contributed by atoms with E-state index in [2.05, 4.69) is 52.5 Å². The van der Waals surface area contributed by atoms with Crippen molar-refractivity contribution in [1.82, 2.24) is 0 Å². The molecule has 0 radical (unpaired) electrons. The van der Waals surface area contributed by atoms with E-state index in [4.69, 9.17) is 0 Å². The van der Waals surface area contributed by atoms with Crippen LogP contribution in [-0.4, -0.2) is 35.5 Å². The largest absolute Gasteiger partial charge is 0.469 e. The molecule has 0 aromatic rings. The molecule has 0 rings (SSSR count). The number of rotatable bonds is 11. The number of carbonyl (C=O) groups is 1. The number of ether oxygens (including phenoxy) is 1. The highest BCUT2D eigenvalue weighted by Crippen LogP contribution is 2.17. The summed E-state index contributed by atoms with van der Waals surface area (Å²) in [5, 5.41) is 19.8. The fourth-order valence-electron chi connectivity index (χ4n) is 1.68. The van der Waals surface area contributed by atoms with E-state index in [1.807, 2.05) is 12.2 Å². The predicted molar refractivity (Wildman–Crippen MR) is 108 cm³/mol. The molecule has 24 heavy (non-hydrogen) atoms. The summed E-state index contributed by atoms with van der Waals surface area (Å²) in [7, 11) is 1.34. The van der Waals surface area contributed by atoms with Crippen LogP contribution < -0.4 is 0 Å². The highest BCUT2D eigenvalue weighted by Gasteiger charge is 2.09. The van der Waals surface area contributed by atoms with Crippen molar-refractivity contribution in [2.24, 2.45) is 0 Å². The van der Waals surface area contributed by atoms with Crippen molar-refractivity contribution in [2.45, 2.75) is 44.3 Å². The van der Waals surface area contributed by atoms with Crippen LogP contribution in [0.25, 0.3) is 0 Å². The van der Waals surface area contributed by atoms with Gasteiger partial charge in [0.15, 0.2) is 0 Å². The van der Waals surface area contributed by atoms with E-state index < -0.39 is 12.2 Å². The zero-order valence-corrected chi connectivity index (χ0v) is 18.3. The molecule has 0 bridgehead atoms. The third kappa shape index (κ3) is 13.1. The van der Waals surface area contributed by atoms with Crippen molar-refractivity contribution < 1.29 is 19.7 Å². The lowest BCUT2D eigenvalue weighted by Gasteiger charge is -2.08. The van der Waals surface area contributed by atoms with Gasteiger partial charge in [0.05, 0.1) is 19.3 Å². The van der Waals surface area contributed by atoms with Crippen LogP contribution in [0.2, 0.25) is 0 Å². The lowest BCUT2D eigenvalue weighted by molar-refractivity contribution is -0.140. The summed E-state index contributed by atoms with van der Waals surface area (Å²) in [6, 6.07) is 0. The van der Waals surface area contributed by atoms with Gasteiger partial charge in [-0.05, 0) is 42.8 Å². The molecule has 7 heteroatoms. The number of aliphatic hydroxyl groups is 2. The molecule has 0 aliphatic heterocycles. The van der Waals surface area contributed by atoms with Gasteiger partial charge >= 0.3 is 5.97 Å². The molecule has 0 fully saturated rings. The highest BCUT2D eigenvalue weighted by molar-refractivity contribution is 9.12. The second kappa shape index (κ2) is 15.1. The van der Waals surface area contributed by atoms with Crippen LogP contribution in [0.1, 0.15) is 32.1 Å². The van der Waals surface area contributed by atoms with Crippen LogP contribution in [0, 0.1) is 0 Å². The molecule has 2 atom stereocenters. The van der Waals surface area contributed by atoms with E-state index >= 15 is 0 Å². The van der Waals surface area contributed by atoms with Crippen LogP contribution in [0.3, 0.4) is 0 Å². The molecule has 2 unspecified atom stereocenters. The molecule has 0 spiro atoms. The van der Waals surface area contributed by atoms with Gasteiger partial charge < -0.3 is 14.9 Å². The van der Waals surface area contributed by atoms with E-state index in [0.717, 1.165) is 10.9 Å². The SMILES string of the molecule is COC(=O)CCCC(O)C(Br)=CC=CC(O)CCC=C(Br)C=CBr. The van der Waals surface area contributed by atoms with Crippen LogP contribution in [-0.2, 0) is 9.53 Å². The Hall–Kier alpha value is -0.210. The number of allylic oxidation sites excluding steroid dienone is 5. The summed E-state index contributed by atoms with van der Waals surface area (Å²) in [6.45, 7) is 0. The Bertz CT molecular complexity index is 484. The third-order valence-electron chi connectivity index (χ3n) is 3.02. The molecule has 0 aromatic heterocycles. The van der Waals surface area contributed by atoms with E-state index in [0.29, 0.717) is 23.7 Å².